The average molecular weight is 228 g/mol. The molecule has 1 aromatic carbocycles. The van der Waals surface area contributed by atoms with Gasteiger partial charge in [-0.25, -0.2) is 0 Å². The van der Waals surface area contributed by atoms with Crippen LogP contribution in [0.4, 0.5) is 10.5 Å². The van der Waals surface area contributed by atoms with Gasteiger partial charge in [-0.2, -0.15) is 0 Å². The maximum absolute atomic E-state index is 10.7. The van der Waals surface area contributed by atoms with Crippen LogP contribution in [0.15, 0.2) is 18.2 Å². The van der Waals surface area contributed by atoms with E-state index >= 15 is 0 Å². The van der Waals surface area contributed by atoms with Gasteiger partial charge in [0.15, 0.2) is 0 Å². The molecule has 3 heteroatoms. The van der Waals surface area contributed by atoms with E-state index in [1.807, 2.05) is 32.0 Å². The molecule has 0 unspecified atom stereocenters. The quantitative estimate of drug-likeness (QED) is 0.580. The van der Waals surface area contributed by atoms with Gasteiger partial charge in [0.25, 0.3) is 4.82 Å². The van der Waals surface area contributed by atoms with Gasteiger partial charge < -0.3 is 5.32 Å². The summed E-state index contributed by atoms with van der Waals surface area (Å²) in [5, 5.41) is 2.72. The van der Waals surface area contributed by atoms with Gasteiger partial charge in [-0.15, -0.1) is 0 Å². The molecule has 0 aliphatic carbocycles. The molecular formula is C9H10BrNO. The van der Waals surface area contributed by atoms with Gasteiger partial charge in [-0.1, -0.05) is 18.2 Å². The van der Waals surface area contributed by atoms with Crippen molar-refractivity contribution in [2.75, 3.05) is 5.32 Å². The van der Waals surface area contributed by atoms with Crippen LogP contribution in [0.3, 0.4) is 0 Å². The lowest BCUT2D eigenvalue weighted by atomic mass is 10.1. The lowest BCUT2D eigenvalue weighted by Gasteiger charge is -2.08. The zero-order valence-electron chi connectivity index (χ0n) is 7.02. The van der Waals surface area contributed by atoms with Gasteiger partial charge in [-0.05, 0) is 25.0 Å². The van der Waals surface area contributed by atoms with E-state index in [0.717, 1.165) is 16.8 Å². The third-order valence-electron chi connectivity index (χ3n) is 1.70. The van der Waals surface area contributed by atoms with E-state index in [4.69, 9.17) is 0 Å². The Morgan fingerprint density at radius 1 is 1.33 bits per heavy atom. The normalized spacial score (nSPS) is 9.58. The molecule has 0 saturated heterocycles. The maximum atomic E-state index is 10.7. The number of carbonyl (C=O) groups excluding carboxylic acids is 1. The molecule has 0 spiro atoms. The van der Waals surface area contributed by atoms with Crippen molar-refractivity contribution in [1.82, 2.24) is 0 Å². The number of benzene rings is 1. The Balaban J connectivity index is 3.04. The number of aryl methyl sites for hydroxylation is 2. The van der Waals surface area contributed by atoms with Gasteiger partial charge in [-0.3, -0.25) is 4.79 Å². The molecule has 0 aromatic heterocycles. The minimum atomic E-state index is -0.208. The third kappa shape index (κ3) is 2.08. The first-order chi connectivity index (χ1) is 5.61. The fraction of sp³-hybridized carbons (Fsp3) is 0.222. The lowest BCUT2D eigenvalue weighted by Crippen LogP contribution is -2.03. The molecule has 0 radical (unpaired) electrons. The number of rotatable bonds is 1. The summed E-state index contributed by atoms with van der Waals surface area (Å²) in [6.45, 7) is 3.93. The van der Waals surface area contributed by atoms with Gasteiger partial charge >= 0.3 is 0 Å². The number of nitrogens with one attached hydrogen (secondary N) is 1. The van der Waals surface area contributed by atoms with Crippen LogP contribution in [0.2, 0.25) is 0 Å². The summed E-state index contributed by atoms with van der Waals surface area (Å²) in [5.41, 5.74) is 3.03. The number of amides is 1. The van der Waals surface area contributed by atoms with Crippen LogP contribution >= 0.6 is 15.9 Å². The topological polar surface area (TPSA) is 29.1 Å². The Labute approximate surface area is 80.1 Å². The predicted molar refractivity (Wildman–Crippen MR) is 53.9 cm³/mol. The monoisotopic (exact) mass is 227 g/mol. The van der Waals surface area contributed by atoms with E-state index < -0.39 is 0 Å². The summed E-state index contributed by atoms with van der Waals surface area (Å²) in [5.74, 6) is 0. The first-order valence-electron chi connectivity index (χ1n) is 3.64. The van der Waals surface area contributed by atoms with Gasteiger partial charge in [0.05, 0.1) is 0 Å². The number of anilines is 1. The summed E-state index contributed by atoms with van der Waals surface area (Å²) in [6, 6.07) is 5.89. The van der Waals surface area contributed by atoms with E-state index in [0.29, 0.717) is 0 Å². The molecule has 1 amide bonds. The third-order valence-corrected chi connectivity index (χ3v) is 1.90. The highest BCUT2D eigenvalue weighted by molar-refractivity contribution is 9.18. The number of para-hydroxylation sites is 1. The largest absolute Gasteiger partial charge is 0.316 e. The first kappa shape index (κ1) is 9.26. The SMILES string of the molecule is Cc1cccc(C)c1NC(=O)Br. The molecule has 1 aromatic rings. The van der Waals surface area contributed by atoms with Crippen molar-refractivity contribution in [3.63, 3.8) is 0 Å². The Bertz CT molecular complexity index is 289. The standard InChI is InChI=1S/C9H10BrNO/c1-6-4-3-5-7(2)8(6)11-9(10)12/h3-5H,1-2H3,(H,11,12). The van der Waals surface area contributed by atoms with E-state index in [2.05, 4.69) is 21.2 Å². The van der Waals surface area contributed by atoms with Gasteiger partial charge in [0, 0.05) is 21.6 Å². The van der Waals surface area contributed by atoms with Crippen molar-refractivity contribution in [3.8, 4) is 0 Å². The maximum Gasteiger partial charge on any atom is 0.291 e. The second kappa shape index (κ2) is 3.72. The summed E-state index contributed by atoms with van der Waals surface area (Å²) in [6.07, 6.45) is 0. The van der Waals surface area contributed by atoms with E-state index in [-0.39, 0.29) is 4.82 Å². The second-order valence-corrected chi connectivity index (χ2v) is 3.39. The molecule has 0 aliphatic rings. The smallest absolute Gasteiger partial charge is 0.291 e. The predicted octanol–water partition coefficient (Wildman–Crippen LogP) is 3.23. The molecule has 0 saturated carbocycles. The highest BCUT2D eigenvalue weighted by atomic mass is 79.9. The minimum Gasteiger partial charge on any atom is -0.316 e. The molecule has 12 heavy (non-hydrogen) atoms. The molecule has 1 N–H and O–H groups in total. The Morgan fingerprint density at radius 2 is 1.83 bits per heavy atom. The number of halogens is 1. The Hall–Kier alpha value is -0.830. The first-order valence-corrected chi connectivity index (χ1v) is 4.43. The fourth-order valence-electron chi connectivity index (χ4n) is 1.11. The zero-order chi connectivity index (χ0) is 9.14. The highest BCUT2D eigenvalue weighted by Gasteiger charge is 2.02. The summed E-state index contributed by atoms with van der Waals surface area (Å²) in [4.78, 5) is 10.5. The fourth-order valence-corrected chi connectivity index (χ4v) is 1.31. The summed E-state index contributed by atoms with van der Waals surface area (Å²) >= 11 is 2.83. The van der Waals surface area contributed by atoms with Crippen molar-refractivity contribution in [1.29, 1.82) is 0 Å². The summed E-state index contributed by atoms with van der Waals surface area (Å²) in [7, 11) is 0. The Kier molecular flexibility index (Phi) is 2.87. The molecular weight excluding hydrogens is 218 g/mol. The molecule has 2 nitrogen and oxygen atoms in total. The van der Waals surface area contributed by atoms with Crippen LogP contribution in [-0.4, -0.2) is 4.82 Å². The lowest BCUT2D eigenvalue weighted by molar-refractivity contribution is 0.270. The van der Waals surface area contributed by atoms with E-state index in [9.17, 15) is 4.79 Å². The van der Waals surface area contributed by atoms with E-state index in [1.165, 1.54) is 0 Å². The summed E-state index contributed by atoms with van der Waals surface area (Å²) < 4.78 is 0. The van der Waals surface area contributed by atoms with E-state index in [1.54, 1.807) is 0 Å². The van der Waals surface area contributed by atoms with Gasteiger partial charge in [0.2, 0.25) is 0 Å². The number of hydrogen-bond donors (Lipinski definition) is 1. The van der Waals surface area contributed by atoms with Crippen molar-refractivity contribution in [2.24, 2.45) is 0 Å². The molecule has 0 heterocycles. The Morgan fingerprint density at radius 3 is 2.25 bits per heavy atom. The average Bonchev–Trinajstić information content (AvgIpc) is 1.97. The highest BCUT2D eigenvalue weighted by Crippen LogP contribution is 2.19. The molecule has 0 aliphatic heterocycles. The molecule has 64 valence electrons. The molecule has 1 rings (SSSR count). The zero-order valence-corrected chi connectivity index (χ0v) is 8.60. The van der Waals surface area contributed by atoms with Crippen LogP contribution in [0.5, 0.6) is 0 Å². The number of hydrogen-bond acceptors (Lipinski definition) is 1. The minimum absolute atomic E-state index is 0.208. The van der Waals surface area contributed by atoms with Crippen molar-refractivity contribution in [2.45, 2.75) is 13.8 Å². The molecule has 0 fully saturated rings. The van der Waals surface area contributed by atoms with Crippen molar-refractivity contribution >= 4 is 26.4 Å². The van der Waals surface area contributed by atoms with Crippen LogP contribution < -0.4 is 5.32 Å². The molecule has 0 bridgehead atoms. The van der Waals surface area contributed by atoms with Crippen LogP contribution in [0, 0.1) is 13.8 Å². The van der Waals surface area contributed by atoms with Crippen LogP contribution in [0.25, 0.3) is 0 Å². The van der Waals surface area contributed by atoms with Crippen molar-refractivity contribution < 1.29 is 4.79 Å². The second-order valence-electron chi connectivity index (χ2n) is 2.67. The van der Waals surface area contributed by atoms with Crippen molar-refractivity contribution in [3.05, 3.63) is 29.3 Å². The van der Waals surface area contributed by atoms with Crippen LogP contribution in [0.1, 0.15) is 11.1 Å². The van der Waals surface area contributed by atoms with Gasteiger partial charge in [0.1, 0.15) is 0 Å². The molecule has 0 atom stereocenters. The number of carbonyl (C=O) groups is 1. The van der Waals surface area contributed by atoms with Crippen LogP contribution in [-0.2, 0) is 0 Å².